The smallest absolute Gasteiger partial charge is 0.251 e. The van der Waals surface area contributed by atoms with Gasteiger partial charge in [0.15, 0.2) is 0 Å². The number of fused-ring (bicyclic) bond motifs is 1. The molecule has 1 N–H and O–H groups in total. The molecule has 4 rings (SSSR count). The summed E-state index contributed by atoms with van der Waals surface area (Å²) in [6, 6.07) is 21.9. The second-order valence-corrected chi connectivity index (χ2v) is 7.05. The van der Waals surface area contributed by atoms with Crippen LogP contribution in [-0.4, -0.2) is 20.9 Å². The van der Waals surface area contributed by atoms with E-state index in [0.717, 1.165) is 16.6 Å². The van der Waals surface area contributed by atoms with E-state index in [2.05, 4.69) is 34.7 Å². The molecule has 0 atom stereocenters. The van der Waals surface area contributed by atoms with Crippen LogP contribution in [-0.2, 0) is 13.1 Å². The fraction of sp³-hybridized carbons (Fsp3) is 0.174. The highest BCUT2D eigenvalue weighted by atomic mass is 16.1. The minimum Gasteiger partial charge on any atom is -0.348 e. The summed E-state index contributed by atoms with van der Waals surface area (Å²) in [5.41, 5.74) is 6.92. The van der Waals surface area contributed by atoms with Gasteiger partial charge in [-0.15, -0.1) is 5.10 Å². The SMILES string of the molecule is Cc1ccc(CNC(=O)c2ccc3c(c2)nnn3Cc2ccccc2C)cc1. The third kappa shape index (κ3) is 3.78. The van der Waals surface area contributed by atoms with Crippen LogP contribution < -0.4 is 5.32 Å². The van der Waals surface area contributed by atoms with Gasteiger partial charge in [-0.3, -0.25) is 4.79 Å². The predicted octanol–water partition coefficient (Wildman–Crippen LogP) is 4.03. The van der Waals surface area contributed by atoms with Crippen molar-refractivity contribution in [3.05, 3.63) is 94.5 Å². The summed E-state index contributed by atoms with van der Waals surface area (Å²) in [7, 11) is 0. The molecule has 1 heterocycles. The zero-order chi connectivity index (χ0) is 19.5. The quantitative estimate of drug-likeness (QED) is 0.577. The molecule has 5 heteroatoms. The molecule has 0 aliphatic rings. The van der Waals surface area contributed by atoms with Crippen molar-refractivity contribution in [1.82, 2.24) is 20.3 Å². The molecular formula is C23H22N4O. The van der Waals surface area contributed by atoms with Gasteiger partial charge in [-0.1, -0.05) is 59.3 Å². The number of nitrogens with zero attached hydrogens (tertiary/aromatic N) is 3. The van der Waals surface area contributed by atoms with Crippen LogP contribution in [0.4, 0.5) is 0 Å². The highest BCUT2D eigenvalue weighted by Crippen LogP contribution is 2.16. The molecule has 0 saturated heterocycles. The number of hydrogen-bond acceptors (Lipinski definition) is 3. The van der Waals surface area contributed by atoms with E-state index in [9.17, 15) is 4.79 Å². The summed E-state index contributed by atoms with van der Waals surface area (Å²) < 4.78 is 1.87. The molecule has 0 saturated carbocycles. The number of hydrogen-bond donors (Lipinski definition) is 1. The summed E-state index contributed by atoms with van der Waals surface area (Å²) >= 11 is 0. The number of aromatic nitrogens is 3. The fourth-order valence-electron chi connectivity index (χ4n) is 3.17. The summed E-state index contributed by atoms with van der Waals surface area (Å²) in [5.74, 6) is -0.115. The molecule has 0 bridgehead atoms. The van der Waals surface area contributed by atoms with Crippen molar-refractivity contribution in [3.63, 3.8) is 0 Å². The van der Waals surface area contributed by atoms with Crippen LogP contribution in [0.15, 0.2) is 66.7 Å². The van der Waals surface area contributed by atoms with E-state index < -0.39 is 0 Å². The lowest BCUT2D eigenvalue weighted by atomic mass is 10.1. The van der Waals surface area contributed by atoms with Crippen molar-refractivity contribution in [2.45, 2.75) is 26.9 Å². The molecule has 0 fully saturated rings. The van der Waals surface area contributed by atoms with Crippen LogP contribution >= 0.6 is 0 Å². The van der Waals surface area contributed by atoms with E-state index in [1.165, 1.54) is 16.7 Å². The molecule has 0 unspecified atom stereocenters. The Balaban J connectivity index is 1.49. The lowest BCUT2D eigenvalue weighted by Crippen LogP contribution is -2.22. The Morgan fingerprint density at radius 2 is 1.79 bits per heavy atom. The van der Waals surface area contributed by atoms with Crippen LogP contribution in [0.3, 0.4) is 0 Å². The van der Waals surface area contributed by atoms with Crippen molar-refractivity contribution in [2.24, 2.45) is 0 Å². The van der Waals surface area contributed by atoms with Crippen molar-refractivity contribution in [3.8, 4) is 0 Å². The Morgan fingerprint density at radius 3 is 2.57 bits per heavy atom. The van der Waals surface area contributed by atoms with Crippen molar-refractivity contribution >= 4 is 16.9 Å². The highest BCUT2D eigenvalue weighted by molar-refractivity contribution is 5.97. The minimum atomic E-state index is -0.115. The Kier molecular flexibility index (Phi) is 4.89. The Labute approximate surface area is 164 Å². The second kappa shape index (κ2) is 7.64. The fourth-order valence-corrected chi connectivity index (χ4v) is 3.17. The molecule has 1 amide bonds. The van der Waals surface area contributed by atoms with E-state index >= 15 is 0 Å². The zero-order valence-electron chi connectivity index (χ0n) is 16.0. The topological polar surface area (TPSA) is 59.8 Å². The molecule has 0 aliphatic carbocycles. The van der Waals surface area contributed by atoms with Gasteiger partial charge in [-0.2, -0.15) is 0 Å². The lowest BCUT2D eigenvalue weighted by Gasteiger charge is -2.07. The molecule has 28 heavy (non-hydrogen) atoms. The number of carbonyl (C=O) groups is 1. The molecule has 4 aromatic rings. The van der Waals surface area contributed by atoms with Gasteiger partial charge in [0.1, 0.15) is 5.52 Å². The molecule has 0 aliphatic heterocycles. The van der Waals surface area contributed by atoms with Crippen LogP contribution in [0.1, 0.15) is 32.6 Å². The maximum absolute atomic E-state index is 12.5. The third-order valence-corrected chi connectivity index (χ3v) is 4.93. The van der Waals surface area contributed by atoms with E-state index in [1.807, 2.05) is 60.1 Å². The van der Waals surface area contributed by atoms with Crippen molar-refractivity contribution in [2.75, 3.05) is 0 Å². The summed E-state index contributed by atoms with van der Waals surface area (Å²) in [5, 5.41) is 11.5. The largest absolute Gasteiger partial charge is 0.348 e. The number of benzene rings is 3. The van der Waals surface area contributed by atoms with Gasteiger partial charge in [0, 0.05) is 12.1 Å². The Morgan fingerprint density at radius 1 is 1.00 bits per heavy atom. The first-order valence-electron chi connectivity index (χ1n) is 9.31. The van der Waals surface area contributed by atoms with Crippen LogP contribution in [0.2, 0.25) is 0 Å². The maximum Gasteiger partial charge on any atom is 0.251 e. The van der Waals surface area contributed by atoms with Gasteiger partial charge in [0.05, 0.1) is 12.1 Å². The first kappa shape index (κ1) is 17.9. The Bertz CT molecular complexity index is 1130. The molecular weight excluding hydrogens is 348 g/mol. The molecule has 3 aromatic carbocycles. The van der Waals surface area contributed by atoms with E-state index in [-0.39, 0.29) is 5.91 Å². The molecule has 0 radical (unpaired) electrons. The normalized spacial score (nSPS) is 10.9. The summed E-state index contributed by atoms with van der Waals surface area (Å²) in [4.78, 5) is 12.5. The highest BCUT2D eigenvalue weighted by Gasteiger charge is 2.11. The van der Waals surface area contributed by atoms with E-state index in [4.69, 9.17) is 0 Å². The molecule has 140 valence electrons. The van der Waals surface area contributed by atoms with Gasteiger partial charge in [-0.05, 0) is 48.7 Å². The first-order chi connectivity index (χ1) is 13.6. The Hall–Kier alpha value is -3.47. The third-order valence-electron chi connectivity index (χ3n) is 4.93. The van der Waals surface area contributed by atoms with Crippen LogP contribution in [0.25, 0.3) is 11.0 Å². The predicted molar refractivity (Wildman–Crippen MR) is 110 cm³/mol. The standard InChI is InChI=1S/C23H22N4O/c1-16-7-9-18(10-8-16)14-24-23(28)19-11-12-22-21(13-19)25-26-27(22)15-20-6-4-3-5-17(20)2/h3-13H,14-15H2,1-2H3,(H,24,28). The molecule has 1 aromatic heterocycles. The molecule has 0 spiro atoms. The first-order valence-corrected chi connectivity index (χ1v) is 9.31. The van der Waals surface area contributed by atoms with E-state index in [1.54, 1.807) is 6.07 Å². The van der Waals surface area contributed by atoms with Gasteiger partial charge in [-0.25, -0.2) is 4.68 Å². The zero-order valence-corrected chi connectivity index (χ0v) is 16.0. The van der Waals surface area contributed by atoms with E-state index in [0.29, 0.717) is 18.7 Å². The summed E-state index contributed by atoms with van der Waals surface area (Å²) in [6.45, 7) is 5.29. The monoisotopic (exact) mass is 370 g/mol. The maximum atomic E-state index is 12.5. The van der Waals surface area contributed by atoms with Crippen LogP contribution in [0.5, 0.6) is 0 Å². The number of aryl methyl sites for hydroxylation is 2. The number of rotatable bonds is 5. The summed E-state index contributed by atoms with van der Waals surface area (Å²) in [6.07, 6.45) is 0. The lowest BCUT2D eigenvalue weighted by molar-refractivity contribution is 0.0951. The van der Waals surface area contributed by atoms with Gasteiger partial charge >= 0.3 is 0 Å². The second-order valence-electron chi connectivity index (χ2n) is 7.05. The molecule has 5 nitrogen and oxygen atoms in total. The number of carbonyl (C=O) groups excluding carboxylic acids is 1. The number of amides is 1. The van der Waals surface area contributed by atoms with Crippen LogP contribution in [0, 0.1) is 13.8 Å². The van der Waals surface area contributed by atoms with Gasteiger partial charge in [0.2, 0.25) is 0 Å². The van der Waals surface area contributed by atoms with Crippen molar-refractivity contribution < 1.29 is 4.79 Å². The number of nitrogens with one attached hydrogen (secondary N) is 1. The van der Waals surface area contributed by atoms with Crippen molar-refractivity contribution in [1.29, 1.82) is 0 Å². The van der Waals surface area contributed by atoms with Gasteiger partial charge < -0.3 is 5.32 Å². The minimum absolute atomic E-state index is 0.115. The van der Waals surface area contributed by atoms with Gasteiger partial charge in [0.25, 0.3) is 5.91 Å². The average Bonchev–Trinajstić information content (AvgIpc) is 3.11. The average molecular weight is 370 g/mol.